The largest absolute Gasteiger partial charge is 0.497 e. The molecule has 162 valence electrons. The van der Waals surface area contributed by atoms with Crippen LogP contribution < -0.4 is 9.64 Å². The molecule has 0 bridgehead atoms. The van der Waals surface area contributed by atoms with E-state index >= 15 is 0 Å². The van der Waals surface area contributed by atoms with Gasteiger partial charge >= 0.3 is 0 Å². The molecule has 1 aromatic carbocycles. The van der Waals surface area contributed by atoms with Gasteiger partial charge in [-0.2, -0.15) is 5.26 Å². The van der Waals surface area contributed by atoms with Gasteiger partial charge in [-0.15, -0.1) is 24.8 Å². The third kappa shape index (κ3) is 4.37. The maximum absolute atomic E-state index is 9.60. The molecule has 0 saturated carbocycles. The number of ether oxygens (including phenoxy) is 1. The molecule has 1 aromatic heterocycles. The zero-order valence-corrected chi connectivity index (χ0v) is 19.5. The monoisotopic (exact) mass is 448 g/mol. The second kappa shape index (κ2) is 9.87. The Morgan fingerprint density at radius 3 is 2.37 bits per heavy atom. The summed E-state index contributed by atoms with van der Waals surface area (Å²) in [6.45, 7) is 7.26. The molecule has 5 nitrogen and oxygen atoms in total. The number of anilines is 1. The van der Waals surface area contributed by atoms with Gasteiger partial charge in [-0.05, 0) is 48.7 Å². The Kier molecular flexibility index (Phi) is 7.99. The van der Waals surface area contributed by atoms with Crippen LogP contribution >= 0.6 is 24.8 Å². The lowest BCUT2D eigenvalue weighted by Crippen LogP contribution is -2.30. The first-order valence-corrected chi connectivity index (χ1v) is 10.0. The highest BCUT2D eigenvalue weighted by Gasteiger charge is 2.46. The summed E-state index contributed by atoms with van der Waals surface area (Å²) in [6, 6.07) is 15.1. The molecule has 2 aromatic rings. The van der Waals surface area contributed by atoms with Crippen molar-refractivity contribution in [2.45, 2.75) is 25.8 Å². The molecule has 3 atom stereocenters. The molecule has 0 unspecified atom stereocenters. The molecule has 0 N–H and O–H groups in total. The van der Waals surface area contributed by atoms with Crippen LogP contribution in [0.5, 0.6) is 5.75 Å². The second-order valence-electron chi connectivity index (χ2n) is 8.36. The molecule has 7 heteroatoms. The molecule has 2 aliphatic heterocycles. The smallest absolute Gasteiger partial charge is 0.146 e. The number of pyridine rings is 1. The van der Waals surface area contributed by atoms with Crippen LogP contribution in [0.25, 0.3) is 0 Å². The lowest BCUT2D eigenvalue weighted by atomic mass is 9.89. The van der Waals surface area contributed by atoms with Crippen molar-refractivity contribution in [1.82, 2.24) is 9.88 Å². The van der Waals surface area contributed by atoms with Crippen LogP contribution in [-0.2, 0) is 0 Å². The van der Waals surface area contributed by atoms with E-state index in [1.165, 1.54) is 5.56 Å². The number of likely N-dealkylation sites (tertiary alicyclic amines) is 1. The highest BCUT2D eigenvalue weighted by molar-refractivity contribution is 5.85. The van der Waals surface area contributed by atoms with Gasteiger partial charge in [0.05, 0.1) is 12.7 Å². The van der Waals surface area contributed by atoms with Crippen LogP contribution in [0.4, 0.5) is 5.82 Å². The number of methoxy groups -OCH3 is 1. The van der Waals surface area contributed by atoms with E-state index in [-0.39, 0.29) is 24.8 Å². The van der Waals surface area contributed by atoms with Crippen molar-refractivity contribution in [2.24, 2.45) is 11.8 Å². The minimum atomic E-state index is 0. The Labute approximate surface area is 191 Å². The summed E-state index contributed by atoms with van der Waals surface area (Å²) in [6.07, 6.45) is 0. The molecule has 4 rings (SSSR count). The van der Waals surface area contributed by atoms with Crippen molar-refractivity contribution in [1.29, 1.82) is 5.26 Å². The Balaban J connectivity index is 0.00000160. The van der Waals surface area contributed by atoms with E-state index in [0.29, 0.717) is 29.4 Å². The zero-order chi connectivity index (χ0) is 19.8. The normalized spacial score (nSPS) is 22.8. The number of nitriles is 1. The second-order valence-corrected chi connectivity index (χ2v) is 8.36. The van der Waals surface area contributed by atoms with Gasteiger partial charge < -0.3 is 9.64 Å². The molecule has 3 heterocycles. The Morgan fingerprint density at radius 2 is 1.77 bits per heavy atom. The quantitative estimate of drug-likeness (QED) is 0.679. The highest BCUT2D eigenvalue weighted by Crippen LogP contribution is 2.45. The van der Waals surface area contributed by atoms with Crippen molar-refractivity contribution in [3.05, 3.63) is 53.2 Å². The van der Waals surface area contributed by atoms with E-state index in [2.05, 4.69) is 48.9 Å². The van der Waals surface area contributed by atoms with Crippen LogP contribution in [0, 0.1) is 23.2 Å². The molecular formula is C23H30Cl2N4O. The molecule has 0 amide bonds. The van der Waals surface area contributed by atoms with Gasteiger partial charge in [0.15, 0.2) is 0 Å². The Morgan fingerprint density at radius 1 is 1.07 bits per heavy atom. The van der Waals surface area contributed by atoms with Gasteiger partial charge in [0, 0.05) is 37.3 Å². The van der Waals surface area contributed by atoms with Crippen LogP contribution in [0.3, 0.4) is 0 Å². The van der Waals surface area contributed by atoms with Gasteiger partial charge in [-0.1, -0.05) is 26.0 Å². The highest BCUT2D eigenvalue weighted by atomic mass is 35.5. The molecule has 30 heavy (non-hydrogen) atoms. The number of rotatable bonds is 4. The number of benzene rings is 1. The zero-order valence-electron chi connectivity index (χ0n) is 17.9. The van der Waals surface area contributed by atoms with Crippen LogP contribution in [0.2, 0.25) is 0 Å². The Bertz CT molecular complexity index is 897. The molecule has 2 saturated heterocycles. The maximum atomic E-state index is 9.60. The number of hydrogen-bond acceptors (Lipinski definition) is 5. The first-order valence-electron chi connectivity index (χ1n) is 10.0. The lowest BCUT2D eigenvalue weighted by Gasteiger charge is -2.28. The first kappa shape index (κ1) is 24.3. The fourth-order valence-corrected chi connectivity index (χ4v) is 4.85. The summed E-state index contributed by atoms with van der Waals surface area (Å²) < 4.78 is 5.32. The number of halogens is 2. The van der Waals surface area contributed by atoms with E-state index < -0.39 is 0 Å². The standard InChI is InChI=1S/C23H28N4O.2ClH/c1-15(2)21-10-7-17(11-24)23(25-21)27-13-18-12-26(3)22(20(18)14-27)16-5-8-19(28-4)9-6-16;;/h5-10,15,18,20,22H,12-14H2,1-4H3;2*1H/t18-,20+,22-;;/m0../s1. The summed E-state index contributed by atoms with van der Waals surface area (Å²) in [5, 5.41) is 9.60. The molecule has 0 aliphatic carbocycles. The predicted molar refractivity (Wildman–Crippen MR) is 125 cm³/mol. The SMILES string of the molecule is COc1ccc([C@H]2[C@@H]3CN(c4nc(C(C)C)ccc4C#N)C[C@@H]3CN2C)cc1.Cl.Cl. The minimum Gasteiger partial charge on any atom is -0.497 e. The Hall–Kier alpha value is -2.00. The number of nitrogens with zero attached hydrogens (tertiary/aromatic N) is 4. The third-order valence-electron chi connectivity index (χ3n) is 6.26. The summed E-state index contributed by atoms with van der Waals surface area (Å²) in [4.78, 5) is 9.67. The molecular weight excluding hydrogens is 419 g/mol. The number of aromatic nitrogens is 1. The fraction of sp³-hybridized carbons (Fsp3) is 0.478. The average molecular weight is 449 g/mol. The minimum absolute atomic E-state index is 0. The molecule has 0 spiro atoms. The summed E-state index contributed by atoms with van der Waals surface area (Å²) in [5.74, 6) is 3.23. The molecule has 2 aliphatic rings. The van der Waals surface area contributed by atoms with Crippen LogP contribution in [0.1, 0.15) is 42.6 Å². The van der Waals surface area contributed by atoms with E-state index in [1.54, 1.807) is 7.11 Å². The number of fused-ring (bicyclic) bond motifs is 1. The number of hydrogen-bond donors (Lipinski definition) is 0. The maximum Gasteiger partial charge on any atom is 0.146 e. The van der Waals surface area contributed by atoms with Gasteiger partial charge in [0.1, 0.15) is 17.6 Å². The fourth-order valence-electron chi connectivity index (χ4n) is 4.85. The summed E-state index contributed by atoms with van der Waals surface area (Å²) in [5.41, 5.74) is 3.07. The molecule has 2 fully saturated rings. The summed E-state index contributed by atoms with van der Waals surface area (Å²) in [7, 11) is 3.92. The van der Waals surface area contributed by atoms with Gasteiger partial charge in [0.2, 0.25) is 0 Å². The topological polar surface area (TPSA) is 52.4 Å². The van der Waals surface area contributed by atoms with E-state index in [9.17, 15) is 5.26 Å². The van der Waals surface area contributed by atoms with Gasteiger partial charge in [0.25, 0.3) is 0 Å². The van der Waals surface area contributed by atoms with Crippen molar-refractivity contribution in [3.63, 3.8) is 0 Å². The van der Waals surface area contributed by atoms with Gasteiger partial charge in [-0.25, -0.2) is 4.98 Å². The van der Waals surface area contributed by atoms with E-state index in [1.807, 2.05) is 24.3 Å². The average Bonchev–Trinajstić information content (AvgIpc) is 3.24. The van der Waals surface area contributed by atoms with Crippen LogP contribution in [0.15, 0.2) is 36.4 Å². The first-order chi connectivity index (χ1) is 13.5. The van der Waals surface area contributed by atoms with Crippen molar-refractivity contribution in [3.8, 4) is 11.8 Å². The van der Waals surface area contributed by atoms with E-state index in [4.69, 9.17) is 9.72 Å². The van der Waals surface area contributed by atoms with Crippen molar-refractivity contribution >= 4 is 30.6 Å². The molecule has 0 radical (unpaired) electrons. The summed E-state index contributed by atoms with van der Waals surface area (Å²) >= 11 is 0. The van der Waals surface area contributed by atoms with Crippen LogP contribution in [-0.4, -0.2) is 43.7 Å². The van der Waals surface area contributed by atoms with Crippen molar-refractivity contribution < 1.29 is 4.74 Å². The van der Waals surface area contributed by atoms with Crippen molar-refractivity contribution in [2.75, 3.05) is 38.7 Å². The lowest BCUT2D eigenvalue weighted by molar-refractivity contribution is 0.279. The van der Waals surface area contributed by atoms with Gasteiger partial charge in [-0.3, -0.25) is 4.90 Å². The third-order valence-corrected chi connectivity index (χ3v) is 6.26. The van der Waals surface area contributed by atoms with E-state index in [0.717, 1.165) is 36.9 Å². The predicted octanol–water partition coefficient (Wildman–Crippen LogP) is 4.67.